The molecule has 0 aromatic carbocycles. The fourth-order valence-electron chi connectivity index (χ4n) is 1.01. The molecule has 0 unspecified atom stereocenters. The van der Waals surface area contributed by atoms with Crippen LogP contribution in [0.15, 0.2) is 17.2 Å². The van der Waals surface area contributed by atoms with Crippen LogP contribution in [0.2, 0.25) is 5.02 Å². The SMILES string of the molecule is CC(C)Nc1ncc(S(F)(F)(F)(F)F)cc1Cl. The van der Waals surface area contributed by atoms with E-state index in [1.807, 2.05) is 0 Å². The molecule has 0 spiro atoms. The van der Waals surface area contributed by atoms with Gasteiger partial charge >= 0.3 is 10.2 Å². The number of hydrogen-bond acceptors (Lipinski definition) is 2. The van der Waals surface area contributed by atoms with Gasteiger partial charge in [0, 0.05) is 6.04 Å². The lowest BCUT2D eigenvalue weighted by Gasteiger charge is -2.40. The van der Waals surface area contributed by atoms with Crippen LogP contribution in [0.1, 0.15) is 13.8 Å². The number of aromatic nitrogens is 1. The van der Waals surface area contributed by atoms with Gasteiger partial charge in [-0.25, -0.2) is 4.98 Å². The average Bonchev–Trinajstić information content (AvgIpc) is 2.03. The molecule has 1 rings (SSSR count). The zero-order valence-corrected chi connectivity index (χ0v) is 10.4. The molecule has 1 aromatic rings. The Bertz CT molecular complexity index is 444. The van der Waals surface area contributed by atoms with Crippen molar-refractivity contribution in [1.82, 2.24) is 4.98 Å². The minimum absolute atomic E-state index is 0.0627. The minimum Gasteiger partial charge on any atom is -0.367 e. The van der Waals surface area contributed by atoms with Crippen molar-refractivity contribution >= 4 is 27.6 Å². The monoisotopic (exact) mass is 296 g/mol. The van der Waals surface area contributed by atoms with E-state index >= 15 is 0 Å². The predicted octanol–water partition coefficient (Wildman–Crippen LogP) is 5.21. The molecule has 1 N–H and O–H groups in total. The number of nitrogens with zero attached hydrogens (tertiary/aromatic N) is 1. The zero-order valence-electron chi connectivity index (χ0n) is 8.86. The molecule has 0 radical (unpaired) electrons. The van der Waals surface area contributed by atoms with E-state index in [0.717, 1.165) is 0 Å². The van der Waals surface area contributed by atoms with Crippen molar-refractivity contribution in [2.45, 2.75) is 24.8 Å². The van der Waals surface area contributed by atoms with Gasteiger partial charge in [0.05, 0.1) is 11.2 Å². The van der Waals surface area contributed by atoms with Crippen LogP contribution < -0.4 is 5.32 Å². The normalized spacial score (nSPS) is 16.5. The van der Waals surface area contributed by atoms with Crippen molar-refractivity contribution in [1.29, 1.82) is 0 Å². The molecule has 0 saturated carbocycles. The molecule has 0 bridgehead atoms. The number of anilines is 1. The smallest absolute Gasteiger partial charge is 0.311 e. The Morgan fingerprint density at radius 2 is 1.76 bits per heavy atom. The van der Waals surface area contributed by atoms with Gasteiger partial charge < -0.3 is 5.32 Å². The van der Waals surface area contributed by atoms with E-state index in [4.69, 9.17) is 11.6 Å². The van der Waals surface area contributed by atoms with Crippen molar-refractivity contribution in [2.24, 2.45) is 0 Å². The second-order valence-corrected chi connectivity index (χ2v) is 6.59. The van der Waals surface area contributed by atoms with Crippen molar-refractivity contribution in [2.75, 3.05) is 5.32 Å². The van der Waals surface area contributed by atoms with E-state index in [0.29, 0.717) is 0 Å². The molecule has 1 aromatic heterocycles. The summed E-state index contributed by atoms with van der Waals surface area (Å²) in [6, 6.07) is 0.0479. The van der Waals surface area contributed by atoms with Crippen LogP contribution in [0, 0.1) is 0 Å². The summed E-state index contributed by atoms with van der Waals surface area (Å²) < 4.78 is 62.0. The quantitative estimate of drug-likeness (QED) is 0.774. The van der Waals surface area contributed by atoms with Gasteiger partial charge in [0.2, 0.25) is 0 Å². The summed E-state index contributed by atoms with van der Waals surface area (Å²) in [5, 5.41) is 2.14. The molecular formula is C8H10ClF5N2S. The van der Waals surface area contributed by atoms with Gasteiger partial charge in [-0.15, -0.1) is 0 Å². The summed E-state index contributed by atoms with van der Waals surface area (Å²) in [5.74, 6) is -0.0627. The molecule has 0 aliphatic rings. The van der Waals surface area contributed by atoms with Gasteiger partial charge in [0.25, 0.3) is 0 Å². The van der Waals surface area contributed by atoms with Crippen molar-refractivity contribution < 1.29 is 19.4 Å². The largest absolute Gasteiger partial charge is 0.367 e. The van der Waals surface area contributed by atoms with Crippen LogP contribution >= 0.6 is 21.8 Å². The molecule has 0 atom stereocenters. The number of hydrogen-bond donors (Lipinski definition) is 1. The van der Waals surface area contributed by atoms with E-state index in [-0.39, 0.29) is 24.1 Å². The molecular weight excluding hydrogens is 287 g/mol. The topological polar surface area (TPSA) is 24.9 Å². The summed E-state index contributed by atoms with van der Waals surface area (Å²) in [6.07, 6.45) is 0.0815. The van der Waals surface area contributed by atoms with Crippen LogP contribution in [-0.2, 0) is 0 Å². The summed E-state index contributed by atoms with van der Waals surface area (Å²) in [5.41, 5.74) is 0. The Morgan fingerprint density at radius 1 is 1.24 bits per heavy atom. The average molecular weight is 297 g/mol. The highest BCUT2D eigenvalue weighted by Gasteiger charge is 2.65. The summed E-state index contributed by atoms with van der Waals surface area (Å²) in [7, 11) is -9.71. The molecule has 0 aliphatic carbocycles. The van der Waals surface area contributed by atoms with Crippen molar-refractivity contribution in [3.05, 3.63) is 17.3 Å². The van der Waals surface area contributed by atoms with Gasteiger partial charge in [0.15, 0.2) is 0 Å². The highest BCUT2D eigenvalue weighted by atomic mass is 35.5. The predicted molar refractivity (Wildman–Crippen MR) is 59.4 cm³/mol. The van der Waals surface area contributed by atoms with Gasteiger partial charge in [0.1, 0.15) is 10.7 Å². The maximum absolute atomic E-state index is 12.4. The Balaban J connectivity index is 3.24. The Morgan fingerprint density at radius 3 is 2.12 bits per heavy atom. The first kappa shape index (κ1) is 14.3. The molecule has 0 aliphatic heterocycles. The van der Waals surface area contributed by atoms with E-state index in [2.05, 4.69) is 10.3 Å². The second kappa shape index (κ2) is 3.38. The van der Waals surface area contributed by atoms with Crippen molar-refractivity contribution in [3.63, 3.8) is 0 Å². The summed E-state index contributed by atoms with van der Waals surface area (Å²) in [4.78, 5) is 1.17. The number of pyridine rings is 1. The Hall–Kier alpha value is -0.760. The number of nitrogens with one attached hydrogen (secondary N) is 1. The number of rotatable bonds is 3. The zero-order chi connectivity index (χ0) is 13.5. The van der Waals surface area contributed by atoms with Crippen LogP contribution in [0.3, 0.4) is 0 Å². The molecule has 0 amide bonds. The molecule has 17 heavy (non-hydrogen) atoms. The standard InChI is InChI=1S/C8H10ClF5N2S/c1-5(2)16-8-7(9)3-6(4-15-8)17(10,11,12,13)14/h3-5H,1-2H3,(H,15,16). The lowest BCUT2D eigenvalue weighted by molar-refractivity contribution is 0.363. The lowest BCUT2D eigenvalue weighted by atomic mass is 10.4. The summed E-state index contributed by atoms with van der Waals surface area (Å²) in [6.45, 7) is 3.41. The minimum atomic E-state index is -9.71. The van der Waals surface area contributed by atoms with E-state index < -0.39 is 20.1 Å². The first-order valence-electron chi connectivity index (χ1n) is 4.46. The third-order valence-electron chi connectivity index (χ3n) is 1.69. The van der Waals surface area contributed by atoms with Crippen LogP contribution in [0.25, 0.3) is 0 Å². The van der Waals surface area contributed by atoms with Crippen LogP contribution in [-0.4, -0.2) is 11.0 Å². The van der Waals surface area contributed by atoms with E-state index in [1.165, 1.54) is 0 Å². The fourth-order valence-corrected chi connectivity index (χ4v) is 1.89. The van der Waals surface area contributed by atoms with Crippen LogP contribution in [0.4, 0.5) is 25.2 Å². The molecule has 2 nitrogen and oxygen atoms in total. The first-order chi connectivity index (χ1) is 7.29. The molecule has 100 valence electrons. The number of halogens is 6. The van der Waals surface area contributed by atoms with Crippen molar-refractivity contribution in [3.8, 4) is 0 Å². The maximum Gasteiger partial charge on any atom is 0.311 e. The molecule has 9 heteroatoms. The van der Waals surface area contributed by atoms with E-state index in [1.54, 1.807) is 13.8 Å². The Kier molecular flexibility index (Phi) is 2.84. The Labute approximate surface area is 99.9 Å². The lowest BCUT2D eigenvalue weighted by Crippen LogP contribution is -2.13. The van der Waals surface area contributed by atoms with Gasteiger partial charge in [-0.3, -0.25) is 0 Å². The third kappa shape index (κ3) is 3.88. The van der Waals surface area contributed by atoms with Crippen LogP contribution in [0.5, 0.6) is 0 Å². The molecule has 1 heterocycles. The summed E-state index contributed by atoms with van der Waals surface area (Å²) >= 11 is 5.46. The van der Waals surface area contributed by atoms with Gasteiger partial charge in [-0.1, -0.05) is 31.0 Å². The van der Waals surface area contributed by atoms with Gasteiger partial charge in [-0.2, -0.15) is 0 Å². The fraction of sp³-hybridized carbons (Fsp3) is 0.375. The van der Waals surface area contributed by atoms with E-state index in [9.17, 15) is 19.4 Å². The van der Waals surface area contributed by atoms with Gasteiger partial charge in [-0.05, 0) is 19.9 Å². The molecule has 0 saturated heterocycles. The highest BCUT2D eigenvalue weighted by molar-refractivity contribution is 8.45. The third-order valence-corrected chi connectivity index (χ3v) is 3.09. The first-order valence-corrected chi connectivity index (χ1v) is 6.79. The highest BCUT2D eigenvalue weighted by Crippen LogP contribution is 3.02. The maximum atomic E-state index is 12.4. The molecule has 0 fully saturated rings. The second-order valence-electron chi connectivity index (χ2n) is 3.77.